The number of fused-ring (bicyclic) bond motifs is 1. The van der Waals surface area contributed by atoms with E-state index in [4.69, 9.17) is 4.74 Å². The van der Waals surface area contributed by atoms with E-state index in [9.17, 15) is 4.79 Å². The topological polar surface area (TPSA) is 50.4 Å². The van der Waals surface area contributed by atoms with Gasteiger partial charge in [0.1, 0.15) is 0 Å². The van der Waals surface area contributed by atoms with Gasteiger partial charge < -0.3 is 15.4 Å². The molecule has 1 atom stereocenters. The second kappa shape index (κ2) is 5.78. The molecule has 2 aliphatic rings. The molecule has 3 rings (SSSR count). The predicted molar refractivity (Wildman–Crippen MR) is 83.4 cm³/mol. The van der Waals surface area contributed by atoms with Crippen molar-refractivity contribution in [3.8, 4) is 0 Å². The summed E-state index contributed by atoms with van der Waals surface area (Å²) in [6.07, 6.45) is 6.00. The molecule has 114 valence electrons. The summed E-state index contributed by atoms with van der Waals surface area (Å²) in [7, 11) is 3.84. The van der Waals surface area contributed by atoms with Gasteiger partial charge in [-0.2, -0.15) is 0 Å². The van der Waals surface area contributed by atoms with Crippen LogP contribution in [0.2, 0.25) is 0 Å². The minimum absolute atomic E-state index is 0.0534. The molecule has 4 nitrogen and oxygen atoms in total. The number of rotatable bonds is 5. The molecule has 1 fully saturated rings. The molecule has 0 saturated heterocycles. The minimum Gasteiger partial charge on any atom is -0.378 e. The highest BCUT2D eigenvalue weighted by Gasteiger charge is 2.39. The SMILES string of the molecule is CNC(CC1(OC)CCC1)c1ccc2c(c1)CCC(=O)N2. The average Bonchev–Trinajstić information content (AvgIpc) is 2.46. The minimum atomic E-state index is 0.0534. The van der Waals surface area contributed by atoms with Crippen LogP contribution in [0.4, 0.5) is 5.69 Å². The zero-order valence-electron chi connectivity index (χ0n) is 12.9. The van der Waals surface area contributed by atoms with Gasteiger partial charge in [0.25, 0.3) is 0 Å². The van der Waals surface area contributed by atoms with E-state index in [1.807, 2.05) is 20.2 Å². The Morgan fingerprint density at radius 3 is 2.81 bits per heavy atom. The Bertz CT molecular complexity index is 532. The fourth-order valence-corrected chi connectivity index (χ4v) is 3.44. The average molecular weight is 288 g/mol. The Hall–Kier alpha value is -1.39. The van der Waals surface area contributed by atoms with Gasteiger partial charge in [-0.15, -0.1) is 0 Å². The van der Waals surface area contributed by atoms with Gasteiger partial charge >= 0.3 is 0 Å². The van der Waals surface area contributed by atoms with Crippen molar-refractivity contribution >= 4 is 11.6 Å². The Morgan fingerprint density at radius 1 is 1.38 bits per heavy atom. The zero-order valence-corrected chi connectivity index (χ0v) is 12.9. The number of amides is 1. The maximum atomic E-state index is 11.4. The van der Waals surface area contributed by atoms with Crippen LogP contribution in [0.5, 0.6) is 0 Å². The van der Waals surface area contributed by atoms with Crippen molar-refractivity contribution in [3.05, 3.63) is 29.3 Å². The first-order valence-corrected chi connectivity index (χ1v) is 7.81. The maximum Gasteiger partial charge on any atom is 0.224 e. The first-order valence-electron chi connectivity index (χ1n) is 7.81. The largest absolute Gasteiger partial charge is 0.378 e. The molecule has 1 aliphatic heterocycles. The summed E-state index contributed by atoms with van der Waals surface area (Å²) in [5, 5.41) is 6.37. The number of carbonyl (C=O) groups excluding carboxylic acids is 1. The Labute approximate surface area is 126 Å². The van der Waals surface area contributed by atoms with Crippen molar-refractivity contribution in [2.45, 2.75) is 50.2 Å². The molecule has 1 unspecified atom stereocenters. The molecule has 2 N–H and O–H groups in total. The van der Waals surface area contributed by atoms with E-state index < -0.39 is 0 Å². The smallest absolute Gasteiger partial charge is 0.224 e. The molecule has 0 bridgehead atoms. The Kier molecular flexibility index (Phi) is 4.00. The first-order chi connectivity index (χ1) is 10.2. The highest BCUT2D eigenvalue weighted by atomic mass is 16.5. The fraction of sp³-hybridized carbons (Fsp3) is 0.588. The van der Waals surface area contributed by atoms with E-state index in [1.165, 1.54) is 17.5 Å². The van der Waals surface area contributed by atoms with Crippen molar-refractivity contribution in [2.24, 2.45) is 0 Å². The second-order valence-electron chi connectivity index (χ2n) is 6.25. The van der Waals surface area contributed by atoms with E-state index in [1.54, 1.807) is 0 Å². The molecule has 1 aromatic carbocycles. The Balaban J connectivity index is 1.79. The van der Waals surface area contributed by atoms with E-state index in [0.29, 0.717) is 12.5 Å². The van der Waals surface area contributed by atoms with Crippen LogP contribution in [0.3, 0.4) is 0 Å². The number of methoxy groups -OCH3 is 1. The standard InChI is InChI=1S/C17H24N2O2/c1-18-15(11-17(21-2)8-3-9-17)13-4-6-14-12(10-13)5-7-16(20)19-14/h4,6,10,15,18H,3,5,7-9,11H2,1-2H3,(H,19,20). The quantitative estimate of drug-likeness (QED) is 0.876. The summed E-state index contributed by atoms with van der Waals surface area (Å²) >= 11 is 0. The summed E-state index contributed by atoms with van der Waals surface area (Å²) in [5.74, 6) is 0.119. The number of nitrogens with one attached hydrogen (secondary N) is 2. The molecular weight excluding hydrogens is 264 g/mol. The van der Waals surface area contributed by atoms with Crippen molar-refractivity contribution < 1.29 is 9.53 Å². The van der Waals surface area contributed by atoms with Crippen molar-refractivity contribution in [3.63, 3.8) is 0 Å². The van der Waals surface area contributed by atoms with Gasteiger partial charge in [-0.3, -0.25) is 4.79 Å². The third-order valence-corrected chi connectivity index (χ3v) is 5.05. The summed E-state index contributed by atoms with van der Waals surface area (Å²) in [4.78, 5) is 11.4. The van der Waals surface area contributed by atoms with Gasteiger partial charge in [-0.05, 0) is 56.3 Å². The van der Waals surface area contributed by atoms with Gasteiger partial charge in [0.05, 0.1) is 5.60 Å². The van der Waals surface area contributed by atoms with Crippen LogP contribution in [-0.2, 0) is 16.0 Å². The number of carbonyl (C=O) groups is 1. The van der Waals surface area contributed by atoms with Crippen LogP contribution in [-0.4, -0.2) is 25.7 Å². The van der Waals surface area contributed by atoms with E-state index in [0.717, 1.165) is 31.4 Å². The van der Waals surface area contributed by atoms with Crippen LogP contribution in [0.25, 0.3) is 0 Å². The molecular formula is C17H24N2O2. The second-order valence-corrected chi connectivity index (χ2v) is 6.25. The highest BCUT2D eigenvalue weighted by Crippen LogP contribution is 2.42. The lowest BCUT2D eigenvalue weighted by Gasteiger charge is -2.43. The lowest BCUT2D eigenvalue weighted by Crippen LogP contribution is -2.42. The molecule has 4 heteroatoms. The molecule has 0 spiro atoms. The van der Waals surface area contributed by atoms with Gasteiger partial charge in [-0.1, -0.05) is 12.1 Å². The van der Waals surface area contributed by atoms with Crippen molar-refractivity contribution in [1.29, 1.82) is 0 Å². The number of benzene rings is 1. The van der Waals surface area contributed by atoms with Crippen LogP contribution < -0.4 is 10.6 Å². The zero-order chi connectivity index (χ0) is 14.9. The van der Waals surface area contributed by atoms with Crippen molar-refractivity contribution in [2.75, 3.05) is 19.5 Å². The first kappa shape index (κ1) is 14.5. The van der Waals surface area contributed by atoms with Crippen LogP contribution in [0, 0.1) is 0 Å². The molecule has 0 radical (unpaired) electrons. The van der Waals surface area contributed by atoms with Crippen LogP contribution in [0.1, 0.15) is 49.3 Å². The number of hydrogen-bond acceptors (Lipinski definition) is 3. The highest BCUT2D eigenvalue weighted by molar-refractivity contribution is 5.93. The van der Waals surface area contributed by atoms with Gasteiger partial charge in [0.2, 0.25) is 5.91 Å². The molecule has 1 aliphatic carbocycles. The maximum absolute atomic E-state index is 11.4. The summed E-state index contributed by atoms with van der Waals surface area (Å²) < 4.78 is 5.76. The van der Waals surface area contributed by atoms with E-state index in [2.05, 4.69) is 22.8 Å². The summed E-state index contributed by atoms with van der Waals surface area (Å²) in [5.41, 5.74) is 3.55. The van der Waals surface area contributed by atoms with Gasteiger partial charge in [0, 0.05) is 25.3 Å². The summed E-state index contributed by atoms with van der Waals surface area (Å²) in [6.45, 7) is 0. The van der Waals surface area contributed by atoms with E-state index >= 15 is 0 Å². The monoisotopic (exact) mass is 288 g/mol. The number of aryl methyl sites for hydroxylation is 1. The normalized spacial score (nSPS) is 21.1. The summed E-state index contributed by atoms with van der Waals surface area (Å²) in [6, 6.07) is 6.69. The molecule has 1 heterocycles. The molecule has 1 amide bonds. The molecule has 1 aromatic rings. The molecule has 21 heavy (non-hydrogen) atoms. The molecule has 1 saturated carbocycles. The Morgan fingerprint density at radius 2 is 2.19 bits per heavy atom. The van der Waals surface area contributed by atoms with Crippen molar-refractivity contribution in [1.82, 2.24) is 5.32 Å². The van der Waals surface area contributed by atoms with Crippen LogP contribution >= 0.6 is 0 Å². The number of hydrogen-bond donors (Lipinski definition) is 2. The third kappa shape index (κ3) is 2.83. The molecule has 0 aromatic heterocycles. The third-order valence-electron chi connectivity index (χ3n) is 5.05. The lowest BCUT2D eigenvalue weighted by molar-refractivity contribution is -0.116. The lowest BCUT2D eigenvalue weighted by atomic mass is 9.74. The fourth-order valence-electron chi connectivity index (χ4n) is 3.44. The number of ether oxygens (including phenoxy) is 1. The van der Waals surface area contributed by atoms with Gasteiger partial charge in [-0.25, -0.2) is 0 Å². The predicted octanol–water partition coefficient (Wildman–Crippen LogP) is 2.79. The van der Waals surface area contributed by atoms with E-state index in [-0.39, 0.29) is 11.5 Å². The van der Waals surface area contributed by atoms with Gasteiger partial charge in [0.15, 0.2) is 0 Å². The van der Waals surface area contributed by atoms with Crippen LogP contribution in [0.15, 0.2) is 18.2 Å². The number of anilines is 1.